The number of rotatable bonds is 11. The van der Waals surface area contributed by atoms with Gasteiger partial charge in [0.25, 0.3) is 0 Å². The van der Waals surface area contributed by atoms with Gasteiger partial charge in [0.15, 0.2) is 0 Å². The van der Waals surface area contributed by atoms with E-state index in [0.717, 1.165) is 21.6 Å². The van der Waals surface area contributed by atoms with Crippen LogP contribution in [0.4, 0.5) is 0 Å². The van der Waals surface area contributed by atoms with Gasteiger partial charge in [-0.15, -0.1) is 33.7 Å². The summed E-state index contributed by atoms with van der Waals surface area (Å²) >= 11 is 3.60. The van der Waals surface area contributed by atoms with Crippen LogP contribution in [0.2, 0.25) is 0 Å². The van der Waals surface area contributed by atoms with Crippen LogP contribution in [0.25, 0.3) is 0 Å². The predicted octanol–water partition coefficient (Wildman–Crippen LogP) is 3.15. The molecule has 110 valence electrons. The molecule has 2 aromatic rings. The Morgan fingerprint density at radius 1 is 0.700 bits per heavy atom. The van der Waals surface area contributed by atoms with Gasteiger partial charge in [-0.1, -0.05) is 36.1 Å². The van der Waals surface area contributed by atoms with Crippen LogP contribution in [-0.4, -0.2) is 42.3 Å². The lowest BCUT2D eigenvalue weighted by Gasteiger charge is -2.01. The van der Waals surface area contributed by atoms with E-state index in [-0.39, 0.29) is 0 Å². The Balaban J connectivity index is 1.33. The van der Waals surface area contributed by atoms with Crippen molar-refractivity contribution in [2.24, 2.45) is 0 Å². The molecule has 6 nitrogen and oxygen atoms in total. The minimum Gasteiger partial charge on any atom is -0.252 e. The molecule has 20 heavy (non-hydrogen) atoms. The summed E-state index contributed by atoms with van der Waals surface area (Å²) in [6, 6.07) is 0. The highest BCUT2D eigenvalue weighted by Gasteiger charge is 1.97. The minimum atomic E-state index is 1.07. The molecule has 0 unspecified atom stereocenters. The van der Waals surface area contributed by atoms with E-state index in [9.17, 15) is 0 Å². The second-order valence-corrected chi connectivity index (χ2v) is 6.73. The lowest BCUT2D eigenvalue weighted by Crippen LogP contribution is -1.85. The summed E-state index contributed by atoms with van der Waals surface area (Å²) < 4.78 is 0. The molecule has 0 aliphatic heterocycles. The standard InChI is InChI=1S/C12H20N6S2/c1(3-5-7-19-11-9-13-17-15-11)2-4-6-8-20-12-10-14-18-16-12/h9-10H,1-8H2,(H,13,15,17)(H,14,16,18). The zero-order valence-corrected chi connectivity index (χ0v) is 13.0. The van der Waals surface area contributed by atoms with E-state index < -0.39 is 0 Å². The van der Waals surface area contributed by atoms with Crippen LogP contribution >= 0.6 is 23.5 Å². The molecule has 0 bridgehead atoms. The molecule has 0 aromatic carbocycles. The topological polar surface area (TPSA) is 83.1 Å². The van der Waals surface area contributed by atoms with E-state index in [1.807, 2.05) is 0 Å². The molecule has 2 N–H and O–H groups in total. The van der Waals surface area contributed by atoms with Gasteiger partial charge in [-0.3, -0.25) is 10.2 Å². The first-order chi connectivity index (χ1) is 9.95. The normalized spacial score (nSPS) is 11.0. The zero-order chi connectivity index (χ0) is 13.9. The van der Waals surface area contributed by atoms with Crippen molar-refractivity contribution in [2.45, 2.75) is 48.6 Å². The quantitative estimate of drug-likeness (QED) is 0.490. The number of H-pyrrole nitrogens is 2. The average Bonchev–Trinajstić information content (AvgIpc) is 3.14. The Hall–Kier alpha value is -1.02. The van der Waals surface area contributed by atoms with E-state index in [1.165, 1.54) is 38.5 Å². The lowest BCUT2D eigenvalue weighted by atomic mass is 10.1. The number of unbranched alkanes of at least 4 members (excludes halogenated alkanes) is 5. The van der Waals surface area contributed by atoms with Crippen LogP contribution in [0, 0.1) is 0 Å². The molecule has 2 aromatic heterocycles. The molecular weight excluding hydrogens is 292 g/mol. The summed E-state index contributed by atoms with van der Waals surface area (Å²) in [6.07, 6.45) is 11.4. The smallest absolute Gasteiger partial charge is 0.111 e. The van der Waals surface area contributed by atoms with Gasteiger partial charge in [-0.05, 0) is 24.3 Å². The molecule has 8 heteroatoms. The third-order valence-corrected chi connectivity index (χ3v) is 4.84. The summed E-state index contributed by atoms with van der Waals surface area (Å²) in [7, 11) is 0. The number of nitrogens with zero attached hydrogens (tertiary/aromatic N) is 4. The van der Waals surface area contributed by atoms with E-state index in [0.29, 0.717) is 0 Å². The first-order valence-corrected chi connectivity index (χ1v) is 8.90. The Bertz CT molecular complexity index is 389. The predicted molar refractivity (Wildman–Crippen MR) is 81.9 cm³/mol. The molecule has 0 aliphatic carbocycles. The van der Waals surface area contributed by atoms with Crippen LogP contribution in [0.3, 0.4) is 0 Å². The molecule has 0 aliphatic rings. The van der Waals surface area contributed by atoms with Crippen molar-refractivity contribution in [3.63, 3.8) is 0 Å². The molecule has 0 atom stereocenters. The maximum absolute atomic E-state index is 3.76. The van der Waals surface area contributed by atoms with Crippen LogP contribution in [0.15, 0.2) is 22.4 Å². The first kappa shape index (κ1) is 15.4. The van der Waals surface area contributed by atoms with Gasteiger partial charge in [0.2, 0.25) is 0 Å². The Kier molecular flexibility index (Phi) is 7.54. The molecule has 0 radical (unpaired) electrons. The molecule has 0 saturated carbocycles. The molecule has 0 fully saturated rings. The van der Waals surface area contributed by atoms with Crippen LogP contribution in [-0.2, 0) is 0 Å². The van der Waals surface area contributed by atoms with Gasteiger partial charge in [-0.2, -0.15) is 0 Å². The Morgan fingerprint density at radius 2 is 1.15 bits per heavy atom. The third-order valence-electron chi connectivity index (χ3n) is 2.84. The number of thioether (sulfide) groups is 2. The number of aromatic amines is 2. The summed E-state index contributed by atoms with van der Waals surface area (Å²) in [5.74, 6) is 2.29. The van der Waals surface area contributed by atoms with Crippen molar-refractivity contribution in [3.05, 3.63) is 12.4 Å². The maximum atomic E-state index is 3.76. The highest BCUT2D eigenvalue weighted by molar-refractivity contribution is 7.99. The number of aromatic nitrogens is 6. The van der Waals surface area contributed by atoms with Crippen LogP contribution in [0.1, 0.15) is 38.5 Å². The van der Waals surface area contributed by atoms with Gasteiger partial charge >= 0.3 is 0 Å². The second kappa shape index (κ2) is 9.82. The van der Waals surface area contributed by atoms with Gasteiger partial charge in [0.05, 0.1) is 12.4 Å². The highest BCUT2D eigenvalue weighted by atomic mass is 32.2. The molecule has 2 heterocycles. The third kappa shape index (κ3) is 6.42. The largest absolute Gasteiger partial charge is 0.252 e. The maximum Gasteiger partial charge on any atom is 0.111 e. The first-order valence-electron chi connectivity index (χ1n) is 6.93. The fourth-order valence-electron chi connectivity index (χ4n) is 1.79. The number of hydrogen-bond donors (Lipinski definition) is 2. The van der Waals surface area contributed by atoms with E-state index in [4.69, 9.17) is 0 Å². The van der Waals surface area contributed by atoms with Gasteiger partial charge in [0, 0.05) is 0 Å². The molecule has 2 rings (SSSR count). The van der Waals surface area contributed by atoms with Crippen molar-refractivity contribution in [2.75, 3.05) is 11.5 Å². The van der Waals surface area contributed by atoms with Crippen molar-refractivity contribution < 1.29 is 0 Å². The summed E-state index contributed by atoms with van der Waals surface area (Å²) in [5.41, 5.74) is 0. The summed E-state index contributed by atoms with van der Waals surface area (Å²) in [6.45, 7) is 0. The molecule has 0 spiro atoms. The van der Waals surface area contributed by atoms with Crippen molar-refractivity contribution in [1.82, 2.24) is 30.8 Å². The monoisotopic (exact) mass is 312 g/mol. The van der Waals surface area contributed by atoms with Gasteiger partial charge in [0.1, 0.15) is 10.1 Å². The fraction of sp³-hybridized carbons (Fsp3) is 0.667. The van der Waals surface area contributed by atoms with Crippen molar-refractivity contribution in [1.29, 1.82) is 0 Å². The van der Waals surface area contributed by atoms with Gasteiger partial charge in [-0.25, -0.2) is 0 Å². The zero-order valence-electron chi connectivity index (χ0n) is 11.4. The van der Waals surface area contributed by atoms with Crippen LogP contribution in [0.5, 0.6) is 0 Å². The highest BCUT2D eigenvalue weighted by Crippen LogP contribution is 2.18. The van der Waals surface area contributed by atoms with Crippen LogP contribution < -0.4 is 0 Å². The van der Waals surface area contributed by atoms with E-state index in [2.05, 4.69) is 30.8 Å². The molecular formula is C12H20N6S2. The van der Waals surface area contributed by atoms with E-state index in [1.54, 1.807) is 35.9 Å². The number of nitrogens with one attached hydrogen (secondary N) is 2. The van der Waals surface area contributed by atoms with E-state index >= 15 is 0 Å². The number of hydrogen-bond acceptors (Lipinski definition) is 6. The van der Waals surface area contributed by atoms with Crippen molar-refractivity contribution in [3.8, 4) is 0 Å². The lowest BCUT2D eigenvalue weighted by molar-refractivity contribution is 0.629. The fourth-order valence-corrected chi connectivity index (χ4v) is 3.38. The summed E-state index contributed by atoms with van der Waals surface area (Å²) in [4.78, 5) is 0. The molecule has 0 amide bonds. The average molecular weight is 312 g/mol. The van der Waals surface area contributed by atoms with Crippen molar-refractivity contribution >= 4 is 23.5 Å². The molecule has 0 saturated heterocycles. The SMILES string of the molecule is c1nn[nH]c1SCCCCCCCCSc1cnn[nH]1. The Morgan fingerprint density at radius 3 is 1.55 bits per heavy atom. The Labute approximate surface area is 127 Å². The van der Waals surface area contributed by atoms with Gasteiger partial charge < -0.3 is 0 Å². The second-order valence-electron chi connectivity index (χ2n) is 4.46. The summed E-state index contributed by atoms with van der Waals surface area (Å²) in [5, 5.41) is 22.8. The minimum absolute atomic E-state index is 1.07.